The van der Waals surface area contributed by atoms with Gasteiger partial charge >= 0.3 is 0 Å². The molecule has 0 amide bonds. The lowest BCUT2D eigenvalue weighted by atomic mass is 9.96. The third-order valence-electron chi connectivity index (χ3n) is 2.76. The van der Waals surface area contributed by atoms with E-state index in [1.54, 1.807) is 19.2 Å². The fourth-order valence-electron chi connectivity index (χ4n) is 1.63. The molecule has 1 aromatic heterocycles. The summed E-state index contributed by atoms with van der Waals surface area (Å²) in [5.41, 5.74) is 6.84. The van der Waals surface area contributed by atoms with Gasteiger partial charge in [0.05, 0.1) is 23.4 Å². The minimum Gasteiger partial charge on any atom is -0.496 e. The zero-order valence-electron chi connectivity index (χ0n) is 11.4. The van der Waals surface area contributed by atoms with Crippen molar-refractivity contribution < 1.29 is 4.74 Å². The molecule has 1 aromatic carbocycles. The van der Waals surface area contributed by atoms with E-state index in [0.29, 0.717) is 27.8 Å². The molecule has 3 N–H and O–H groups in total. The van der Waals surface area contributed by atoms with E-state index in [9.17, 15) is 0 Å². The Bertz CT molecular complexity index is 601. The molecule has 0 aliphatic rings. The topological polar surface area (TPSA) is 76.8 Å². The van der Waals surface area contributed by atoms with Gasteiger partial charge in [0.25, 0.3) is 0 Å². The average molecular weight is 281 g/mol. The zero-order chi connectivity index (χ0) is 14.2. The van der Waals surface area contributed by atoms with Gasteiger partial charge < -0.3 is 10.5 Å². The Morgan fingerprint density at radius 3 is 2.53 bits per heavy atom. The molecule has 0 atom stereocenters. The van der Waals surface area contributed by atoms with Gasteiger partial charge in [-0.15, -0.1) is 0 Å². The van der Waals surface area contributed by atoms with Crippen molar-refractivity contribution in [3.8, 4) is 17.1 Å². The Morgan fingerprint density at radius 1 is 1.32 bits per heavy atom. The van der Waals surface area contributed by atoms with Crippen LogP contribution in [0.2, 0.25) is 5.02 Å². The fourth-order valence-corrected chi connectivity index (χ4v) is 1.79. The highest BCUT2D eigenvalue weighted by Crippen LogP contribution is 2.35. The lowest BCUT2D eigenvalue weighted by Gasteiger charge is -2.13. The largest absolute Gasteiger partial charge is 0.496 e. The standard InChI is InChI=1S/C13H17ClN4O/c1-13(2,3)12-16-11(17-18-12)7-5-8(14)9(15)6-10(7)19-4/h5-6H,15H2,1-4H3,(H,16,17,18). The minimum atomic E-state index is -0.101. The second-order valence-electron chi connectivity index (χ2n) is 5.33. The van der Waals surface area contributed by atoms with E-state index < -0.39 is 0 Å². The van der Waals surface area contributed by atoms with Crippen molar-refractivity contribution in [1.29, 1.82) is 0 Å². The molecule has 0 aliphatic heterocycles. The summed E-state index contributed by atoms with van der Waals surface area (Å²) in [5, 5.41) is 7.61. The van der Waals surface area contributed by atoms with E-state index in [0.717, 1.165) is 5.82 Å². The Morgan fingerprint density at radius 2 is 2.00 bits per heavy atom. The maximum Gasteiger partial charge on any atom is 0.184 e. The number of nitrogen functional groups attached to an aromatic ring is 1. The zero-order valence-corrected chi connectivity index (χ0v) is 12.2. The SMILES string of the molecule is COc1cc(N)c(Cl)cc1-c1n[nH]c(C(C)(C)C)n1. The summed E-state index contributed by atoms with van der Waals surface area (Å²) < 4.78 is 5.30. The molecule has 5 nitrogen and oxygen atoms in total. The molecule has 19 heavy (non-hydrogen) atoms. The van der Waals surface area contributed by atoms with Gasteiger partial charge in [-0.05, 0) is 6.07 Å². The smallest absolute Gasteiger partial charge is 0.184 e. The maximum atomic E-state index is 6.04. The summed E-state index contributed by atoms with van der Waals surface area (Å²) in [5.74, 6) is 1.95. The number of anilines is 1. The van der Waals surface area contributed by atoms with Crippen LogP contribution in [0.15, 0.2) is 12.1 Å². The van der Waals surface area contributed by atoms with Crippen molar-refractivity contribution in [2.24, 2.45) is 0 Å². The van der Waals surface area contributed by atoms with Crippen LogP contribution < -0.4 is 10.5 Å². The number of H-pyrrole nitrogens is 1. The Kier molecular flexibility index (Phi) is 3.41. The number of nitrogens with two attached hydrogens (primary N) is 1. The first-order valence-electron chi connectivity index (χ1n) is 5.89. The van der Waals surface area contributed by atoms with Crippen LogP contribution in [0.5, 0.6) is 5.75 Å². The van der Waals surface area contributed by atoms with E-state index in [2.05, 4.69) is 36.0 Å². The summed E-state index contributed by atoms with van der Waals surface area (Å²) >= 11 is 6.04. The third-order valence-corrected chi connectivity index (χ3v) is 3.08. The number of hydrogen-bond donors (Lipinski definition) is 2. The number of ether oxygens (including phenoxy) is 1. The van der Waals surface area contributed by atoms with Crippen molar-refractivity contribution in [2.45, 2.75) is 26.2 Å². The third kappa shape index (κ3) is 2.66. The lowest BCUT2D eigenvalue weighted by Crippen LogP contribution is -2.13. The summed E-state index contributed by atoms with van der Waals surface area (Å²) in [6, 6.07) is 3.39. The van der Waals surface area contributed by atoms with Crippen LogP contribution in [-0.2, 0) is 5.41 Å². The molecule has 0 saturated heterocycles. The van der Waals surface area contributed by atoms with Crippen LogP contribution in [0, 0.1) is 0 Å². The summed E-state index contributed by atoms with van der Waals surface area (Å²) in [7, 11) is 1.57. The first-order chi connectivity index (χ1) is 8.82. The first-order valence-corrected chi connectivity index (χ1v) is 6.27. The molecule has 0 bridgehead atoms. The number of benzene rings is 1. The number of hydrogen-bond acceptors (Lipinski definition) is 4. The Labute approximate surface area is 117 Å². The lowest BCUT2D eigenvalue weighted by molar-refractivity contribution is 0.416. The van der Waals surface area contributed by atoms with Crippen molar-refractivity contribution in [3.05, 3.63) is 23.0 Å². The normalized spacial score (nSPS) is 11.6. The molecule has 2 aromatic rings. The van der Waals surface area contributed by atoms with E-state index in [-0.39, 0.29) is 5.41 Å². The van der Waals surface area contributed by atoms with E-state index in [1.807, 2.05) is 0 Å². The molecule has 2 rings (SSSR count). The molecule has 0 saturated carbocycles. The number of nitrogens with zero attached hydrogens (tertiary/aromatic N) is 2. The van der Waals surface area contributed by atoms with Crippen molar-refractivity contribution >= 4 is 17.3 Å². The van der Waals surface area contributed by atoms with Gasteiger partial charge in [-0.3, -0.25) is 5.10 Å². The Balaban J connectivity index is 2.53. The van der Waals surface area contributed by atoms with Gasteiger partial charge in [0, 0.05) is 11.5 Å². The predicted octanol–water partition coefficient (Wildman–Crippen LogP) is 3.01. The number of nitrogens with one attached hydrogen (secondary N) is 1. The highest BCUT2D eigenvalue weighted by molar-refractivity contribution is 6.33. The van der Waals surface area contributed by atoms with E-state index in [1.165, 1.54) is 0 Å². The van der Waals surface area contributed by atoms with Gasteiger partial charge in [-0.2, -0.15) is 5.10 Å². The number of aromatic amines is 1. The molecule has 0 fully saturated rings. The summed E-state index contributed by atoms with van der Waals surface area (Å²) in [6.07, 6.45) is 0. The van der Waals surface area contributed by atoms with E-state index >= 15 is 0 Å². The van der Waals surface area contributed by atoms with Crippen LogP contribution in [-0.4, -0.2) is 22.3 Å². The van der Waals surface area contributed by atoms with Crippen molar-refractivity contribution in [3.63, 3.8) is 0 Å². The Hall–Kier alpha value is -1.75. The molecule has 1 heterocycles. The monoisotopic (exact) mass is 280 g/mol. The minimum absolute atomic E-state index is 0.101. The molecule has 0 unspecified atom stereocenters. The molecule has 0 aliphatic carbocycles. The van der Waals surface area contributed by atoms with Gasteiger partial charge in [0.15, 0.2) is 5.82 Å². The highest BCUT2D eigenvalue weighted by Gasteiger charge is 2.21. The second-order valence-corrected chi connectivity index (χ2v) is 5.74. The number of methoxy groups -OCH3 is 1. The first kappa shape index (κ1) is 13.7. The summed E-state index contributed by atoms with van der Waals surface area (Å²) in [6.45, 7) is 6.18. The quantitative estimate of drug-likeness (QED) is 0.829. The molecular formula is C13H17ClN4O. The van der Waals surface area contributed by atoms with Gasteiger partial charge in [0.1, 0.15) is 11.6 Å². The van der Waals surface area contributed by atoms with Crippen LogP contribution in [0.4, 0.5) is 5.69 Å². The van der Waals surface area contributed by atoms with Crippen molar-refractivity contribution in [1.82, 2.24) is 15.2 Å². The molecule has 0 radical (unpaired) electrons. The van der Waals surface area contributed by atoms with Gasteiger partial charge in [-0.25, -0.2) is 4.98 Å². The number of halogens is 1. The van der Waals surface area contributed by atoms with Crippen molar-refractivity contribution in [2.75, 3.05) is 12.8 Å². The fraction of sp³-hybridized carbons (Fsp3) is 0.385. The molecular weight excluding hydrogens is 264 g/mol. The highest BCUT2D eigenvalue weighted by atomic mass is 35.5. The molecule has 0 spiro atoms. The second kappa shape index (κ2) is 4.74. The average Bonchev–Trinajstić information content (AvgIpc) is 2.81. The van der Waals surface area contributed by atoms with Gasteiger partial charge in [0.2, 0.25) is 0 Å². The maximum absolute atomic E-state index is 6.04. The number of rotatable bonds is 2. The van der Waals surface area contributed by atoms with Crippen LogP contribution in [0.1, 0.15) is 26.6 Å². The molecule has 102 valence electrons. The number of aromatic nitrogens is 3. The van der Waals surface area contributed by atoms with Crippen LogP contribution in [0.25, 0.3) is 11.4 Å². The predicted molar refractivity (Wildman–Crippen MR) is 76.5 cm³/mol. The van der Waals surface area contributed by atoms with E-state index in [4.69, 9.17) is 22.1 Å². The summed E-state index contributed by atoms with van der Waals surface area (Å²) in [4.78, 5) is 4.49. The van der Waals surface area contributed by atoms with Gasteiger partial charge in [-0.1, -0.05) is 32.4 Å². The molecule has 6 heteroatoms. The van der Waals surface area contributed by atoms with Crippen LogP contribution in [0.3, 0.4) is 0 Å². The van der Waals surface area contributed by atoms with Crippen LogP contribution >= 0.6 is 11.6 Å².